The van der Waals surface area contributed by atoms with Crippen molar-refractivity contribution in [2.75, 3.05) is 32.8 Å². The molecular weight excluding hydrogens is 346 g/mol. The number of hydrogen-bond acceptors (Lipinski definition) is 5. The maximum atomic E-state index is 12.6. The van der Waals surface area contributed by atoms with Gasteiger partial charge in [-0.25, -0.2) is 9.78 Å². The van der Waals surface area contributed by atoms with Crippen LogP contribution in [0.4, 0.5) is 4.79 Å². The zero-order valence-corrected chi connectivity index (χ0v) is 16.0. The van der Waals surface area contributed by atoms with E-state index in [1.54, 1.807) is 16.7 Å². The summed E-state index contributed by atoms with van der Waals surface area (Å²) in [5.41, 5.74) is 2.72. The molecule has 0 atom stereocenters. The number of ether oxygens (including phenoxy) is 1. The second-order valence-corrected chi connectivity index (χ2v) is 6.63. The van der Waals surface area contributed by atoms with Crippen LogP contribution >= 0.6 is 0 Å². The van der Waals surface area contributed by atoms with E-state index in [9.17, 15) is 9.59 Å². The summed E-state index contributed by atoms with van der Waals surface area (Å²) in [5.74, 6) is 1.18. The van der Waals surface area contributed by atoms with Gasteiger partial charge in [-0.2, -0.15) is 0 Å². The van der Waals surface area contributed by atoms with E-state index in [2.05, 4.69) is 4.98 Å². The van der Waals surface area contributed by atoms with Gasteiger partial charge in [0.25, 0.3) is 0 Å². The van der Waals surface area contributed by atoms with Crippen molar-refractivity contribution in [1.29, 1.82) is 0 Å². The van der Waals surface area contributed by atoms with E-state index < -0.39 is 0 Å². The Morgan fingerprint density at radius 2 is 1.70 bits per heavy atom. The highest BCUT2D eigenvalue weighted by molar-refractivity contribution is 5.79. The number of nitrogens with zero attached hydrogens (tertiary/aromatic N) is 3. The fraction of sp³-hybridized carbons (Fsp3) is 0.450. The summed E-state index contributed by atoms with van der Waals surface area (Å²) in [6.07, 6.45) is -0.125. The number of benzene rings is 1. The molecule has 144 valence electrons. The van der Waals surface area contributed by atoms with Crippen molar-refractivity contribution in [2.24, 2.45) is 0 Å². The van der Waals surface area contributed by atoms with Gasteiger partial charge in [-0.05, 0) is 32.9 Å². The monoisotopic (exact) mass is 371 g/mol. The molecule has 1 fully saturated rings. The highest BCUT2D eigenvalue weighted by Crippen LogP contribution is 2.22. The molecule has 1 aliphatic heterocycles. The van der Waals surface area contributed by atoms with Crippen LogP contribution < -0.4 is 0 Å². The number of amides is 2. The molecule has 1 aliphatic rings. The summed E-state index contributed by atoms with van der Waals surface area (Å²) in [6, 6.07) is 7.92. The molecule has 7 nitrogen and oxygen atoms in total. The first-order chi connectivity index (χ1) is 13.0. The van der Waals surface area contributed by atoms with Gasteiger partial charge in [0.2, 0.25) is 11.8 Å². The Balaban J connectivity index is 1.60. The number of hydrogen-bond donors (Lipinski definition) is 0. The van der Waals surface area contributed by atoms with Crippen LogP contribution in [0, 0.1) is 13.8 Å². The molecule has 7 heteroatoms. The van der Waals surface area contributed by atoms with Crippen LogP contribution in [0.2, 0.25) is 0 Å². The fourth-order valence-corrected chi connectivity index (χ4v) is 3.02. The number of piperazine rings is 1. The van der Waals surface area contributed by atoms with Crippen molar-refractivity contribution in [3.05, 3.63) is 41.3 Å². The lowest BCUT2D eigenvalue weighted by atomic mass is 10.1. The molecule has 1 saturated heterocycles. The second-order valence-electron chi connectivity index (χ2n) is 6.63. The molecule has 2 amide bonds. The normalized spacial score (nSPS) is 14.3. The Morgan fingerprint density at radius 3 is 2.33 bits per heavy atom. The predicted molar refractivity (Wildman–Crippen MR) is 100 cm³/mol. The van der Waals surface area contributed by atoms with E-state index in [1.165, 1.54) is 5.56 Å². The molecule has 1 aromatic heterocycles. The van der Waals surface area contributed by atoms with Gasteiger partial charge in [-0.1, -0.05) is 17.7 Å². The van der Waals surface area contributed by atoms with E-state index in [0.29, 0.717) is 50.1 Å². The lowest BCUT2D eigenvalue weighted by Crippen LogP contribution is -2.51. The summed E-state index contributed by atoms with van der Waals surface area (Å²) in [4.78, 5) is 32.3. The molecule has 1 aromatic carbocycles. The van der Waals surface area contributed by atoms with Crippen LogP contribution in [0.15, 0.2) is 28.7 Å². The van der Waals surface area contributed by atoms with E-state index >= 15 is 0 Å². The van der Waals surface area contributed by atoms with Crippen LogP contribution in [0.3, 0.4) is 0 Å². The first kappa shape index (κ1) is 18.9. The number of rotatable bonds is 4. The molecule has 0 aliphatic carbocycles. The zero-order valence-electron chi connectivity index (χ0n) is 16.0. The van der Waals surface area contributed by atoms with Gasteiger partial charge in [-0.15, -0.1) is 0 Å². The summed E-state index contributed by atoms with van der Waals surface area (Å²) in [6.45, 7) is 7.95. The van der Waals surface area contributed by atoms with Crippen LogP contribution in [0.1, 0.15) is 23.9 Å². The Morgan fingerprint density at radius 1 is 1.07 bits per heavy atom. The highest BCUT2D eigenvalue weighted by atomic mass is 16.6. The quantitative estimate of drug-likeness (QED) is 0.826. The third kappa shape index (κ3) is 4.48. The summed E-state index contributed by atoms with van der Waals surface area (Å²) < 4.78 is 10.8. The Hall–Kier alpha value is -2.83. The molecule has 2 heterocycles. The minimum Gasteiger partial charge on any atom is -0.450 e. The summed E-state index contributed by atoms with van der Waals surface area (Å²) >= 11 is 0. The van der Waals surface area contributed by atoms with E-state index in [-0.39, 0.29) is 18.4 Å². The first-order valence-electron chi connectivity index (χ1n) is 9.20. The average Bonchev–Trinajstić information content (AvgIpc) is 3.03. The lowest BCUT2D eigenvalue weighted by molar-refractivity contribution is -0.132. The largest absolute Gasteiger partial charge is 0.450 e. The van der Waals surface area contributed by atoms with Crippen molar-refractivity contribution in [1.82, 2.24) is 14.8 Å². The lowest BCUT2D eigenvalue weighted by Gasteiger charge is -2.34. The minimum atomic E-state index is -0.320. The average molecular weight is 371 g/mol. The van der Waals surface area contributed by atoms with Gasteiger partial charge in [0, 0.05) is 31.7 Å². The molecule has 0 N–H and O–H groups in total. The molecule has 0 spiro atoms. The standard InChI is InChI=1S/C20H25N3O4/c1-4-26-20(25)23-11-9-22(10-12-23)18(24)13-17-15(3)27-19(21-17)16-7-5-14(2)6-8-16/h5-8H,4,9-13H2,1-3H3. The number of carbonyl (C=O) groups is 2. The molecule has 0 saturated carbocycles. The van der Waals surface area contributed by atoms with Gasteiger partial charge < -0.3 is 19.0 Å². The van der Waals surface area contributed by atoms with Crippen LogP contribution in [-0.4, -0.2) is 59.6 Å². The molecule has 2 aromatic rings. The second kappa shape index (κ2) is 8.24. The van der Waals surface area contributed by atoms with Crippen molar-refractivity contribution >= 4 is 12.0 Å². The predicted octanol–water partition coefficient (Wildman–Crippen LogP) is 2.80. The third-order valence-corrected chi connectivity index (χ3v) is 4.67. The van der Waals surface area contributed by atoms with Crippen molar-refractivity contribution < 1.29 is 18.7 Å². The summed E-state index contributed by atoms with van der Waals surface area (Å²) in [5, 5.41) is 0. The fourth-order valence-electron chi connectivity index (χ4n) is 3.02. The zero-order chi connectivity index (χ0) is 19.4. The topological polar surface area (TPSA) is 75.9 Å². The molecule has 0 radical (unpaired) electrons. The molecule has 0 unspecified atom stereocenters. The molecular formula is C20H25N3O4. The van der Waals surface area contributed by atoms with Gasteiger partial charge in [-0.3, -0.25) is 4.79 Å². The Bertz CT molecular complexity index is 805. The van der Waals surface area contributed by atoms with Crippen LogP contribution in [-0.2, 0) is 16.0 Å². The van der Waals surface area contributed by atoms with E-state index in [4.69, 9.17) is 9.15 Å². The smallest absolute Gasteiger partial charge is 0.409 e. The van der Waals surface area contributed by atoms with E-state index in [0.717, 1.165) is 5.56 Å². The SMILES string of the molecule is CCOC(=O)N1CCN(C(=O)Cc2nc(-c3ccc(C)cc3)oc2C)CC1. The van der Waals surface area contributed by atoms with Crippen LogP contribution in [0.5, 0.6) is 0 Å². The van der Waals surface area contributed by atoms with Gasteiger partial charge in [0.15, 0.2) is 0 Å². The number of oxazole rings is 1. The van der Waals surface area contributed by atoms with Gasteiger partial charge >= 0.3 is 6.09 Å². The van der Waals surface area contributed by atoms with Crippen molar-refractivity contribution in [3.8, 4) is 11.5 Å². The number of aryl methyl sites for hydroxylation is 2. The van der Waals surface area contributed by atoms with E-state index in [1.807, 2.05) is 38.1 Å². The maximum absolute atomic E-state index is 12.6. The van der Waals surface area contributed by atoms with Crippen LogP contribution in [0.25, 0.3) is 11.5 Å². The minimum absolute atomic E-state index is 0.00892. The maximum Gasteiger partial charge on any atom is 0.409 e. The number of carbonyl (C=O) groups excluding carboxylic acids is 2. The molecule has 0 bridgehead atoms. The molecule has 27 heavy (non-hydrogen) atoms. The summed E-state index contributed by atoms with van der Waals surface area (Å²) in [7, 11) is 0. The van der Waals surface area contributed by atoms with Crippen molar-refractivity contribution in [2.45, 2.75) is 27.2 Å². The van der Waals surface area contributed by atoms with Crippen molar-refractivity contribution in [3.63, 3.8) is 0 Å². The number of aromatic nitrogens is 1. The molecule has 3 rings (SSSR count). The van der Waals surface area contributed by atoms with Gasteiger partial charge in [0.05, 0.1) is 18.7 Å². The Kier molecular flexibility index (Phi) is 5.78. The Labute approximate surface area is 158 Å². The van der Waals surface area contributed by atoms with Gasteiger partial charge in [0.1, 0.15) is 5.76 Å². The first-order valence-corrected chi connectivity index (χ1v) is 9.20. The third-order valence-electron chi connectivity index (χ3n) is 4.67. The highest BCUT2D eigenvalue weighted by Gasteiger charge is 2.26.